The van der Waals surface area contributed by atoms with Gasteiger partial charge in [-0.3, -0.25) is 0 Å². The molecule has 78 heavy (non-hydrogen) atoms. The zero-order valence-corrected chi connectivity index (χ0v) is 50.4. The Balaban J connectivity index is 1.06. The van der Waals surface area contributed by atoms with Gasteiger partial charge < -0.3 is 4.90 Å². The summed E-state index contributed by atoms with van der Waals surface area (Å²) in [5, 5.41) is 0. The molecule has 4 aliphatic carbocycles. The van der Waals surface area contributed by atoms with E-state index in [9.17, 15) is 0 Å². The summed E-state index contributed by atoms with van der Waals surface area (Å²) in [5.74, 6) is 0.157. The molecule has 2 heteroatoms. The maximum Gasteiger partial charge on any atom is 0.242 e. The van der Waals surface area contributed by atoms with Crippen LogP contribution in [0, 0.1) is 6.92 Å². The summed E-state index contributed by atoms with van der Waals surface area (Å²) >= 11 is 0. The molecule has 0 N–H and O–H groups in total. The molecule has 7 aromatic rings. The van der Waals surface area contributed by atoms with Gasteiger partial charge in [0.2, 0.25) is 6.71 Å². The second kappa shape index (κ2) is 16.1. The number of hydrogen-bond donors (Lipinski definition) is 0. The average Bonchev–Trinajstić information content (AvgIpc) is 2.76. The fraction of sp³-hybridized carbons (Fsp3) is 0.447. The van der Waals surface area contributed by atoms with Gasteiger partial charge in [-0.05, 0) is 187 Å². The van der Waals surface area contributed by atoms with E-state index in [0.29, 0.717) is 0 Å². The summed E-state index contributed by atoms with van der Waals surface area (Å²) in [6.45, 7) is 39.9. The number of benzene rings is 7. The summed E-state index contributed by atoms with van der Waals surface area (Å²) in [6, 6.07) is 51.1. The fourth-order valence-electron chi connectivity index (χ4n) is 17.9. The van der Waals surface area contributed by atoms with Gasteiger partial charge in [0.25, 0.3) is 0 Å². The van der Waals surface area contributed by atoms with Gasteiger partial charge in [-0.25, -0.2) is 0 Å². The fourth-order valence-corrected chi connectivity index (χ4v) is 17.9. The molecule has 7 aliphatic rings. The highest BCUT2D eigenvalue weighted by molar-refractivity contribution is 6.97. The maximum absolute atomic E-state index is 2.86. The third-order valence-corrected chi connectivity index (χ3v) is 23.0. The quantitative estimate of drug-likeness (QED) is 0.159. The number of nitrogens with zero attached hydrogens (tertiary/aromatic N) is 1. The molecule has 0 radical (unpaired) electrons. The Morgan fingerprint density at radius 2 is 1.01 bits per heavy atom. The van der Waals surface area contributed by atoms with E-state index in [-0.39, 0.29) is 62.0 Å². The van der Waals surface area contributed by atoms with E-state index in [1.165, 1.54) is 140 Å². The Kier molecular flexibility index (Phi) is 10.4. The minimum absolute atomic E-state index is 0.0367. The molecule has 1 saturated carbocycles. The Hall–Kier alpha value is -5.60. The third-order valence-electron chi connectivity index (χ3n) is 23.0. The normalized spacial score (nSPS) is 25.6. The van der Waals surface area contributed by atoms with Crippen LogP contribution in [-0.4, -0.2) is 12.3 Å². The van der Waals surface area contributed by atoms with Crippen LogP contribution >= 0.6 is 0 Å². The highest BCUT2D eigenvalue weighted by atomic mass is 15.3. The van der Waals surface area contributed by atoms with Gasteiger partial charge in [-0.2, -0.15) is 0 Å². The van der Waals surface area contributed by atoms with Crippen LogP contribution in [0.15, 0.2) is 121 Å². The minimum atomic E-state index is -0.112. The number of fused-ring (bicyclic) bond motifs is 12. The van der Waals surface area contributed by atoms with Gasteiger partial charge in [-0.15, -0.1) is 0 Å². The van der Waals surface area contributed by atoms with Crippen LogP contribution in [0.25, 0.3) is 11.1 Å². The molecular formula is C76H86BN. The molecule has 0 aromatic heterocycles. The van der Waals surface area contributed by atoms with Crippen molar-refractivity contribution in [3.63, 3.8) is 0 Å². The first kappa shape index (κ1) is 50.6. The molecule has 7 aromatic carbocycles. The van der Waals surface area contributed by atoms with E-state index in [0.717, 1.165) is 0 Å². The molecule has 3 heterocycles. The van der Waals surface area contributed by atoms with Crippen LogP contribution in [-0.2, 0) is 37.9 Å². The number of hydrogen-bond acceptors (Lipinski definition) is 1. The van der Waals surface area contributed by atoms with Gasteiger partial charge in [-0.1, -0.05) is 235 Å². The molecule has 1 nitrogen and oxygen atoms in total. The van der Waals surface area contributed by atoms with Crippen molar-refractivity contribution in [3.05, 3.63) is 205 Å². The predicted molar refractivity (Wildman–Crippen MR) is 333 cm³/mol. The zero-order chi connectivity index (χ0) is 54.8. The monoisotopic (exact) mass is 1020 g/mol. The van der Waals surface area contributed by atoms with E-state index in [1.54, 1.807) is 33.3 Å². The minimum Gasteiger partial charge on any atom is -0.334 e. The van der Waals surface area contributed by atoms with Crippen LogP contribution in [0.5, 0.6) is 0 Å². The molecule has 398 valence electrons. The molecule has 0 amide bonds. The van der Waals surface area contributed by atoms with Gasteiger partial charge in [0.1, 0.15) is 0 Å². The summed E-state index contributed by atoms with van der Waals surface area (Å²) in [6.07, 6.45) is 9.77. The van der Waals surface area contributed by atoms with Gasteiger partial charge in [0.05, 0.1) is 5.54 Å². The SMILES string of the molecule is Cc1cc2c3c(c1)[C@@H](c1ccc4c(c1)C(C)(C)CCC4(C)C)c1cc4c(cc1B3c1ccc(N3c5ccc(C(C)(C)C)cc5C5(C)CCCCC35C)cc1C2c1ccc2c(c1)C(C)(C)c1ccccc1-2)C(C)(C)CCC4(C)C. The molecule has 0 saturated heterocycles. The number of rotatable bonds is 3. The van der Waals surface area contributed by atoms with E-state index < -0.39 is 0 Å². The lowest BCUT2D eigenvalue weighted by atomic mass is 9.28. The first-order chi connectivity index (χ1) is 36.7. The van der Waals surface area contributed by atoms with Crippen LogP contribution in [0.3, 0.4) is 0 Å². The molecule has 0 spiro atoms. The standard InChI is InChI=1S/C76H86BN/c1-45-37-54-66(46-23-27-51-50-21-17-18-22-56(50)74(13,14)58(51)39-46)52-42-49(78-65-30-25-48(69(2,3)4)41-62(65)75(15)31-19-20-32-76(75,78)16)26-29-63(52)77-64-44-61-60(72(9,10)35-36-73(61,11)12)43-53(64)67(55(38-45)68(54)77)47-24-28-57-59(40-47)71(7,8)34-33-70(57,5)6/h17-18,21-30,37-44,66-67H,19-20,31-36H2,1-16H3/t66?,67-,75?,76?/m0/s1. The van der Waals surface area contributed by atoms with E-state index >= 15 is 0 Å². The Morgan fingerprint density at radius 1 is 0.449 bits per heavy atom. The molecule has 3 aliphatic heterocycles. The van der Waals surface area contributed by atoms with Crippen molar-refractivity contribution < 1.29 is 0 Å². The molecule has 0 bridgehead atoms. The van der Waals surface area contributed by atoms with Crippen molar-refractivity contribution in [1.29, 1.82) is 0 Å². The second-order valence-electron chi connectivity index (χ2n) is 30.9. The summed E-state index contributed by atoms with van der Waals surface area (Å²) in [5.41, 5.74) is 32.9. The summed E-state index contributed by atoms with van der Waals surface area (Å²) in [7, 11) is 0. The van der Waals surface area contributed by atoms with Gasteiger partial charge >= 0.3 is 0 Å². The third kappa shape index (κ3) is 6.80. The molecule has 14 rings (SSSR count). The van der Waals surface area contributed by atoms with Crippen molar-refractivity contribution in [1.82, 2.24) is 0 Å². The van der Waals surface area contributed by atoms with Crippen LogP contribution < -0.4 is 21.3 Å². The first-order valence-corrected chi connectivity index (χ1v) is 30.5. The lowest BCUT2D eigenvalue weighted by Gasteiger charge is -2.50. The largest absolute Gasteiger partial charge is 0.334 e. The smallest absolute Gasteiger partial charge is 0.242 e. The van der Waals surface area contributed by atoms with Crippen molar-refractivity contribution in [3.8, 4) is 11.1 Å². The first-order valence-electron chi connectivity index (χ1n) is 30.5. The van der Waals surface area contributed by atoms with E-state index in [2.05, 4.69) is 237 Å². The number of anilines is 2. The van der Waals surface area contributed by atoms with Crippen LogP contribution in [0.1, 0.15) is 251 Å². The Morgan fingerprint density at radius 3 is 1.68 bits per heavy atom. The highest BCUT2D eigenvalue weighted by Gasteiger charge is 2.58. The molecule has 3 unspecified atom stereocenters. The lowest BCUT2D eigenvalue weighted by Crippen LogP contribution is -2.63. The van der Waals surface area contributed by atoms with E-state index in [1.807, 2.05) is 0 Å². The van der Waals surface area contributed by atoms with Crippen molar-refractivity contribution in [2.75, 3.05) is 4.90 Å². The molecule has 1 fully saturated rings. The van der Waals surface area contributed by atoms with Crippen molar-refractivity contribution >= 4 is 34.5 Å². The van der Waals surface area contributed by atoms with E-state index in [4.69, 9.17) is 0 Å². The zero-order valence-electron chi connectivity index (χ0n) is 50.4. The van der Waals surface area contributed by atoms with Crippen LogP contribution in [0.2, 0.25) is 0 Å². The maximum atomic E-state index is 2.86. The van der Waals surface area contributed by atoms with Crippen molar-refractivity contribution in [2.45, 2.75) is 217 Å². The summed E-state index contributed by atoms with van der Waals surface area (Å²) < 4.78 is 0. The predicted octanol–water partition coefficient (Wildman–Crippen LogP) is 17.5. The Labute approximate surface area is 470 Å². The van der Waals surface area contributed by atoms with Gasteiger partial charge in [0.15, 0.2) is 0 Å². The second-order valence-corrected chi connectivity index (χ2v) is 30.9. The molecule has 4 atom stereocenters. The number of aryl methyl sites for hydroxylation is 1. The Bertz CT molecular complexity index is 3730. The van der Waals surface area contributed by atoms with Crippen LogP contribution in [0.4, 0.5) is 11.4 Å². The highest BCUT2D eigenvalue weighted by Crippen LogP contribution is 2.62. The average molecular weight is 1020 g/mol. The van der Waals surface area contributed by atoms with Gasteiger partial charge in [0, 0.05) is 34.0 Å². The topological polar surface area (TPSA) is 3.24 Å². The molecular weight excluding hydrogens is 938 g/mol. The lowest BCUT2D eigenvalue weighted by molar-refractivity contribution is 0.194. The van der Waals surface area contributed by atoms with Crippen molar-refractivity contribution in [2.24, 2.45) is 0 Å². The summed E-state index contributed by atoms with van der Waals surface area (Å²) in [4.78, 5) is 2.86.